The Balaban J connectivity index is 1.87. The SMILES string of the molecule is CCCCNC(=O)[C@H](Cc1ccccc1)N(Cc1cccc(Br)c1)C(=O)CCc1ccccc1. The Morgan fingerprint density at radius 1 is 0.882 bits per heavy atom. The maximum atomic E-state index is 13.6. The summed E-state index contributed by atoms with van der Waals surface area (Å²) < 4.78 is 0.952. The minimum absolute atomic E-state index is 0.0181. The maximum absolute atomic E-state index is 13.6. The number of unbranched alkanes of at least 4 members (excludes halogenated alkanes) is 1. The number of benzene rings is 3. The number of halogens is 1. The lowest BCUT2D eigenvalue weighted by molar-refractivity contribution is -0.141. The first-order chi connectivity index (χ1) is 16.6. The minimum atomic E-state index is -0.582. The molecule has 5 heteroatoms. The Hall–Kier alpha value is -2.92. The predicted molar refractivity (Wildman–Crippen MR) is 141 cm³/mol. The molecule has 0 spiro atoms. The van der Waals surface area contributed by atoms with Crippen molar-refractivity contribution < 1.29 is 9.59 Å². The van der Waals surface area contributed by atoms with Crippen LogP contribution in [0.3, 0.4) is 0 Å². The van der Waals surface area contributed by atoms with Gasteiger partial charge >= 0.3 is 0 Å². The van der Waals surface area contributed by atoms with Crippen molar-refractivity contribution in [3.8, 4) is 0 Å². The van der Waals surface area contributed by atoms with Crippen molar-refractivity contribution in [2.45, 2.75) is 51.6 Å². The van der Waals surface area contributed by atoms with Gasteiger partial charge in [0.15, 0.2) is 0 Å². The summed E-state index contributed by atoms with van der Waals surface area (Å²) in [6.07, 6.45) is 3.39. The molecular formula is C29H33BrN2O2. The average molecular weight is 521 g/mol. The van der Waals surface area contributed by atoms with Gasteiger partial charge in [0.25, 0.3) is 0 Å². The molecule has 0 heterocycles. The zero-order valence-electron chi connectivity index (χ0n) is 19.8. The Morgan fingerprint density at radius 3 is 2.18 bits per heavy atom. The molecule has 0 aliphatic rings. The lowest BCUT2D eigenvalue weighted by Gasteiger charge is -2.32. The number of nitrogens with one attached hydrogen (secondary N) is 1. The van der Waals surface area contributed by atoms with Gasteiger partial charge in [0.2, 0.25) is 11.8 Å². The molecule has 0 aliphatic heterocycles. The van der Waals surface area contributed by atoms with E-state index in [4.69, 9.17) is 0 Å². The molecule has 3 rings (SSSR count). The number of hydrogen-bond acceptors (Lipinski definition) is 2. The van der Waals surface area contributed by atoms with Crippen molar-refractivity contribution in [3.63, 3.8) is 0 Å². The molecule has 4 nitrogen and oxygen atoms in total. The highest BCUT2D eigenvalue weighted by molar-refractivity contribution is 9.10. The molecule has 178 valence electrons. The molecule has 0 aliphatic carbocycles. The van der Waals surface area contributed by atoms with Gasteiger partial charge in [0.1, 0.15) is 6.04 Å². The van der Waals surface area contributed by atoms with Crippen LogP contribution in [0.5, 0.6) is 0 Å². The van der Waals surface area contributed by atoms with Gasteiger partial charge in [-0.3, -0.25) is 9.59 Å². The van der Waals surface area contributed by atoms with Crippen molar-refractivity contribution in [2.75, 3.05) is 6.54 Å². The third-order valence-corrected chi connectivity index (χ3v) is 6.31. The number of carbonyl (C=O) groups excluding carboxylic acids is 2. The molecule has 34 heavy (non-hydrogen) atoms. The van der Waals surface area contributed by atoms with Crippen molar-refractivity contribution in [2.24, 2.45) is 0 Å². The fourth-order valence-corrected chi connectivity index (χ4v) is 4.38. The molecule has 1 atom stereocenters. The number of hydrogen-bond donors (Lipinski definition) is 1. The van der Waals surface area contributed by atoms with E-state index in [0.717, 1.165) is 34.0 Å². The smallest absolute Gasteiger partial charge is 0.243 e. The van der Waals surface area contributed by atoms with Gasteiger partial charge in [-0.25, -0.2) is 0 Å². The second-order valence-electron chi connectivity index (χ2n) is 8.49. The van der Waals surface area contributed by atoms with Crippen LogP contribution in [0.15, 0.2) is 89.4 Å². The number of amides is 2. The zero-order valence-corrected chi connectivity index (χ0v) is 21.3. The topological polar surface area (TPSA) is 49.4 Å². The summed E-state index contributed by atoms with van der Waals surface area (Å²) >= 11 is 3.53. The van der Waals surface area contributed by atoms with Gasteiger partial charge in [-0.15, -0.1) is 0 Å². The molecule has 0 fully saturated rings. The van der Waals surface area contributed by atoms with E-state index in [1.165, 1.54) is 0 Å². The van der Waals surface area contributed by atoms with Crippen molar-refractivity contribution in [3.05, 3.63) is 106 Å². The van der Waals surface area contributed by atoms with Crippen molar-refractivity contribution >= 4 is 27.7 Å². The molecule has 0 bridgehead atoms. The lowest BCUT2D eigenvalue weighted by Crippen LogP contribution is -2.50. The Labute approximate surface area is 211 Å². The molecule has 0 saturated carbocycles. The lowest BCUT2D eigenvalue weighted by atomic mass is 10.0. The van der Waals surface area contributed by atoms with E-state index in [-0.39, 0.29) is 11.8 Å². The van der Waals surface area contributed by atoms with E-state index in [0.29, 0.717) is 32.4 Å². The van der Waals surface area contributed by atoms with Crippen molar-refractivity contribution in [1.29, 1.82) is 0 Å². The van der Waals surface area contributed by atoms with E-state index in [1.807, 2.05) is 84.9 Å². The second kappa shape index (κ2) is 13.7. The van der Waals surface area contributed by atoms with Crippen LogP contribution in [0, 0.1) is 0 Å². The summed E-state index contributed by atoms with van der Waals surface area (Å²) in [7, 11) is 0. The molecular weight excluding hydrogens is 488 g/mol. The Morgan fingerprint density at radius 2 is 1.53 bits per heavy atom. The number of aryl methyl sites for hydroxylation is 1. The first-order valence-corrected chi connectivity index (χ1v) is 12.8. The molecule has 0 unspecified atom stereocenters. The van der Waals surface area contributed by atoms with Gasteiger partial charge in [-0.2, -0.15) is 0 Å². The summed E-state index contributed by atoms with van der Waals surface area (Å²) in [5.41, 5.74) is 3.14. The average Bonchev–Trinajstić information content (AvgIpc) is 2.86. The molecule has 0 aromatic heterocycles. The molecule has 0 saturated heterocycles. The van der Waals surface area contributed by atoms with Crippen LogP contribution in [-0.2, 0) is 29.0 Å². The number of rotatable bonds is 12. The van der Waals surface area contributed by atoms with Gasteiger partial charge in [-0.1, -0.05) is 102 Å². The van der Waals surface area contributed by atoms with Crippen LogP contribution in [0.1, 0.15) is 42.9 Å². The Bertz CT molecular complexity index is 1040. The Kier molecular flexibility index (Phi) is 10.4. The van der Waals surface area contributed by atoms with Crippen LogP contribution in [0.2, 0.25) is 0 Å². The predicted octanol–water partition coefficient (Wildman–Crippen LogP) is 5.94. The number of nitrogens with zero attached hydrogens (tertiary/aromatic N) is 1. The zero-order chi connectivity index (χ0) is 24.2. The van der Waals surface area contributed by atoms with Crippen LogP contribution >= 0.6 is 15.9 Å². The molecule has 2 amide bonds. The summed E-state index contributed by atoms with van der Waals surface area (Å²) in [6, 6.07) is 27.3. The summed E-state index contributed by atoms with van der Waals surface area (Å²) in [5, 5.41) is 3.07. The standard InChI is InChI=1S/C29H33BrN2O2/c1-2-3-19-31-29(34)27(21-24-13-8-5-9-14-24)32(22-25-15-10-16-26(30)20-25)28(33)18-17-23-11-6-4-7-12-23/h4-16,20,27H,2-3,17-19,21-22H2,1H3,(H,31,34)/t27-/m0/s1. The highest BCUT2D eigenvalue weighted by Gasteiger charge is 2.30. The van der Waals surface area contributed by atoms with E-state index in [9.17, 15) is 9.59 Å². The third kappa shape index (κ3) is 8.14. The normalized spacial score (nSPS) is 11.6. The largest absolute Gasteiger partial charge is 0.354 e. The van der Waals surface area contributed by atoms with E-state index < -0.39 is 6.04 Å². The molecule has 3 aromatic rings. The maximum Gasteiger partial charge on any atom is 0.243 e. The van der Waals surface area contributed by atoms with Crippen LogP contribution in [0.25, 0.3) is 0 Å². The van der Waals surface area contributed by atoms with Crippen LogP contribution in [0.4, 0.5) is 0 Å². The molecule has 1 N–H and O–H groups in total. The molecule has 3 aromatic carbocycles. The summed E-state index contributed by atoms with van der Waals surface area (Å²) in [6.45, 7) is 3.09. The van der Waals surface area contributed by atoms with E-state index >= 15 is 0 Å². The van der Waals surface area contributed by atoms with E-state index in [2.05, 4.69) is 28.2 Å². The first kappa shape index (κ1) is 25.7. The van der Waals surface area contributed by atoms with Crippen molar-refractivity contribution in [1.82, 2.24) is 10.2 Å². The second-order valence-corrected chi connectivity index (χ2v) is 9.40. The summed E-state index contributed by atoms with van der Waals surface area (Å²) in [5.74, 6) is -0.115. The van der Waals surface area contributed by atoms with Crippen LogP contribution in [-0.4, -0.2) is 29.3 Å². The van der Waals surface area contributed by atoms with Gasteiger partial charge in [0.05, 0.1) is 0 Å². The quantitative estimate of drug-likeness (QED) is 0.300. The molecule has 0 radical (unpaired) electrons. The fraction of sp³-hybridized carbons (Fsp3) is 0.310. The third-order valence-electron chi connectivity index (χ3n) is 5.81. The highest BCUT2D eigenvalue weighted by Crippen LogP contribution is 2.19. The van der Waals surface area contributed by atoms with Gasteiger partial charge in [-0.05, 0) is 41.7 Å². The fourth-order valence-electron chi connectivity index (χ4n) is 3.93. The minimum Gasteiger partial charge on any atom is -0.354 e. The van der Waals surface area contributed by atoms with Gasteiger partial charge < -0.3 is 10.2 Å². The van der Waals surface area contributed by atoms with Gasteiger partial charge in [0, 0.05) is 30.4 Å². The summed E-state index contributed by atoms with van der Waals surface area (Å²) in [4.78, 5) is 28.8. The first-order valence-electron chi connectivity index (χ1n) is 12.0. The highest BCUT2D eigenvalue weighted by atomic mass is 79.9. The van der Waals surface area contributed by atoms with Crippen LogP contribution < -0.4 is 5.32 Å². The van der Waals surface area contributed by atoms with E-state index in [1.54, 1.807) is 4.90 Å². The monoisotopic (exact) mass is 520 g/mol. The number of carbonyl (C=O) groups is 2.